The van der Waals surface area contributed by atoms with Crippen LogP contribution in [0.3, 0.4) is 0 Å². The van der Waals surface area contributed by atoms with Gasteiger partial charge in [-0.2, -0.15) is 8.42 Å². The van der Waals surface area contributed by atoms with E-state index in [-0.39, 0.29) is 16.7 Å². The van der Waals surface area contributed by atoms with E-state index >= 15 is 0 Å². The van der Waals surface area contributed by atoms with Crippen LogP contribution in [0, 0.1) is 5.92 Å². The minimum atomic E-state index is -3.76. The Kier molecular flexibility index (Phi) is 7.20. The maximum absolute atomic E-state index is 12.8. The third-order valence-electron chi connectivity index (χ3n) is 6.20. The van der Waals surface area contributed by atoms with Gasteiger partial charge in [-0.15, -0.1) is 4.40 Å². The fourth-order valence-electron chi connectivity index (χ4n) is 4.43. The third kappa shape index (κ3) is 5.47. The van der Waals surface area contributed by atoms with Crippen LogP contribution >= 0.6 is 11.6 Å². The fourth-order valence-corrected chi connectivity index (χ4v) is 6.04. The number of amidine groups is 1. The summed E-state index contributed by atoms with van der Waals surface area (Å²) in [5.41, 5.74) is 2.50. The number of likely N-dealkylation sites (tertiary alicyclic amines) is 1. The van der Waals surface area contributed by atoms with Crippen LogP contribution in [0.15, 0.2) is 64.6 Å². The molecule has 6 nitrogen and oxygen atoms in total. The number of hydrogen-bond acceptors (Lipinski definition) is 4. The number of halogens is 1. The van der Waals surface area contributed by atoms with Gasteiger partial charge in [-0.25, -0.2) is 0 Å². The van der Waals surface area contributed by atoms with E-state index in [9.17, 15) is 13.2 Å². The summed E-state index contributed by atoms with van der Waals surface area (Å²) in [5, 5.41) is 3.61. The molecule has 2 aliphatic heterocycles. The first-order valence-corrected chi connectivity index (χ1v) is 13.1. The number of nitrogens with one attached hydrogen (secondary N) is 1. The van der Waals surface area contributed by atoms with Crippen LogP contribution in [0.2, 0.25) is 5.02 Å². The number of aryl methyl sites for hydroxylation is 1. The molecule has 2 aromatic carbocycles. The Hall–Kier alpha value is -2.64. The molecule has 0 saturated carbocycles. The second-order valence-corrected chi connectivity index (χ2v) is 10.5. The normalized spacial score (nSPS) is 18.4. The van der Waals surface area contributed by atoms with E-state index in [1.807, 2.05) is 23.1 Å². The zero-order valence-electron chi connectivity index (χ0n) is 18.6. The first kappa shape index (κ1) is 23.5. The molecule has 1 N–H and O–H groups in total. The number of nitrogens with zero attached hydrogens (tertiary/aromatic N) is 2. The quantitative estimate of drug-likeness (QED) is 0.619. The van der Waals surface area contributed by atoms with Crippen molar-refractivity contribution in [2.24, 2.45) is 10.3 Å². The topological polar surface area (TPSA) is 78.8 Å². The molecule has 33 heavy (non-hydrogen) atoms. The molecule has 4 rings (SSSR count). The second-order valence-electron chi connectivity index (χ2n) is 8.49. The molecule has 1 amide bonds. The van der Waals surface area contributed by atoms with Crippen molar-refractivity contribution >= 4 is 38.3 Å². The van der Waals surface area contributed by atoms with Crippen molar-refractivity contribution in [3.63, 3.8) is 0 Å². The lowest BCUT2D eigenvalue weighted by atomic mass is 9.95. The molecule has 0 bridgehead atoms. The maximum atomic E-state index is 12.8. The van der Waals surface area contributed by atoms with Crippen LogP contribution in [0.4, 0.5) is 0 Å². The first-order chi connectivity index (χ1) is 15.8. The SMILES string of the molecule is CC1=C(c2ccc(Cl)cc2)S(=O)(=O)N=C1N1CCC(C(=O)NCCCc2ccccc2)CC1. The summed E-state index contributed by atoms with van der Waals surface area (Å²) in [4.78, 5) is 14.8. The van der Waals surface area contributed by atoms with Crippen molar-refractivity contribution in [2.45, 2.75) is 32.6 Å². The van der Waals surface area contributed by atoms with Gasteiger partial charge in [0.2, 0.25) is 5.91 Å². The molecule has 0 radical (unpaired) electrons. The number of carbonyl (C=O) groups is 1. The van der Waals surface area contributed by atoms with Gasteiger partial charge in [-0.1, -0.05) is 54.1 Å². The first-order valence-electron chi connectivity index (χ1n) is 11.2. The number of hydrogen-bond donors (Lipinski definition) is 1. The van der Waals surface area contributed by atoms with Crippen LogP contribution < -0.4 is 5.32 Å². The molecule has 2 heterocycles. The van der Waals surface area contributed by atoms with E-state index in [4.69, 9.17) is 11.6 Å². The zero-order chi connectivity index (χ0) is 23.4. The van der Waals surface area contributed by atoms with Crippen molar-refractivity contribution in [3.8, 4) is 0 Å². The van der Waals surface area contributed by atoms with Crippen molar-refractivity contribution < 1.29 is 13.2 Å². The molecular weight excluding hydrogens is 458 g/mol. The molecule has 0 unspecified atom stereocenters. The highest BCUT2D eigenvalue weighted by Crippen LogP contribution is 2.35. The van der Waals surface area contributed by atoms with E-state index in [0.29, 0.717) is 54.5 Å². The molecule has 2 aliphatic rings. The highest BCUT2D eigenvalue weighted by molar-refractivity contribution is 8.00. The Labute approximate surface area is 200 Å². The molecule has 0 atom stereocenters. The van der Waals surface area contributed by atoms with Crippen molar-refractivity contribution in [1.29, 1.82) is 0 Å². The Balaban J connectivity index is 1.32. The highest BCUT2D eigenvalue weighted by Gasteiger charge is 2.35. The standard InChI is InChI=1S/C25H28ClN3O3S/c1-18-23(20-9-11-22(26)12-10-20)33(31,32)28-24(18)29-16-13-21(14-17-29)25(30)27-15-5-8-19-6-3-2-4-7-19/h2-4,6-7,9-12,21H,5,8,13-17H2,1H3,(H,27,30). The van der Waals surface area contributed by atoms with Gasteiger partial charge in [0, 0.05) is 36.1 Å². The molecule has 174 valence electrons. The van der Waals surface area contributed by atoms with Gasteiger partial charge in [0.25, 0.3) is 10.0 Å². The summed E-state index contributed by atoms with van der Waals surface area (Å²) >= 11 is 5.95. The van der Waals surface area contributed by atoms with E-state index in [1.54, 1.807) is 31.2 Å². The number of piperidine rings is 1. The molecular formula is C25H28ClN3O3S. The second kappa shape index (κ2) is 10.1. The largest absolute Gasteiger partial charge is 0.356 e. The summed E-state index contributed by atoms with van der Waals surface area (Å²) in [7, 11) is -3.76. The summed E-state index contributed by atoms with van der Waals surface area (Å²) in [6, 6.07) is 17.0. The summed E-state index contributed by atoms with van der Waals surface area (Å²) < 4.78 is 29.6. The smallest absolute Gasteiger partial charge is 0.285 e. The van der Waals surface area contributed by atoms with Crippen LogP contribution in [0.25, 0.3) is 4.91 Å². The Morgan fingerprint density at radius 2 is 1.76 bits per heavy atom. The van der Waals surface area contributed by atoms with Gasteiger partial charge < -0.3 is 10.2 Å². The Morgan fingerprint density at radius 3 is 2.42 bits per heavy atom. The van der Waals surface area contributed by atoms with Gasteiger partial charge in [-0.3, -0.25) is 4.79 Å². The van der Waals surface area contributed by atoms with Crippen molar-refractivity contribution in [3.05, 3.63) is 76.3 Å². The summed E-state index contributed by atoms with van der Waals surface area (Å²) in [6.45, 7) is 3.65. The van der Waals surface area contributed by atoms with E-state index in [0.717, 1.165) is 12.8 Å². The average molecular weight is 486 g/mol. The fraction of sp³-hybridized carbons (Fsp3) is 0.360. The summed E-state index contributed by atoms with van der Waals surface area (Å²) in [5.74, 6) is 0.510. The summed E-state index contributed by atoms with van der Waals surface area (Å²) in [6.07, 6.45) is 3.19. The van der Waals surface area contributed by atoms with Crippen molar-refractivity contribution in [1.82, 2.24) is 10.2 Å². The van der Waals surface area contributed by atoms with Crippen LogP contribution in [0.5, 0.6) is 0 Å². The lowest BCUT2D eigenvalue weighted by molar-refractivity contribution is -0.126. The molecule has 8 heteroatoms. The lowest BCUT2D eigenvalue weighted by Crippen LogP contribution is -2.43. The minimum Gasteiger partial charge on any atom is -0.356 e. The van der Waals surface area contributed by atoms with Crippen LogP contribution in [0.1, 0.15) is 37.3 Å². The Bertz CT molecular complexity index is 1170. The van der Waals surface area contributed by atoms with E-state index in [2.05, 4.69) is 21.8 Å². The van der Waals surface area contributed by atoms with Gasteiger partial charge in [0.05, 0.1) is 0 Å². The molecule has 1 saturated heterocycles. The molecule has 0 spiro atoms. The maximum Gasteiger partial charge on any atom is 0.285 e. The van der Waals surface area contributed by atoms with Gasteiger partial charge >= 0.3 is 0 Å². The molecule has 0 aliphatic carbocycles. The molecule has 0 aromatic heterocycles. The van der Waals surface area contributed by atoms with Crippen LogP contribution in [-0.4, -0.2) is 44.7 Å². The number of amides is 1. The predicted octanol–water partition coefficient (Wildman–Crippen LogP) is 4.27. The number of carbonyl (C=O) groups excluding carboxylic acids is 1. The van der Waals surface area contributed by atoms with E-state index < -0.39 is 10.0 Å². The Morgan fingerprint density at radius 1 is 1.09 bits per heavy atom. The zero-order valence-corrected chi connectivity index (χ0v) is 20.2. The predicted molar refractivity (Wildman–Crippen MR) is 132 cm³/mol. The number of rotatable bonds is 6. The minimum absolute atomic E-state index is 0.0587. The highest BCUT2D eigenvalue weighted by atomic mass is 35.5. The van der Waals surface area contributed by atoms with Crippen molar-refractivity contribution in [2.75, 3.05) is 19.6 Å². The van der Waals surface area contributed by atoms with E-state index in [1.165, 1.54) is 5.56 Å². The number of sulfonamides is 1. The average Bonchev–Trinajstić information content (AvgIpc) is 3.06. The van der Waals surface area contributed by atoms with Crippen LogP contribution in [-0.2, 0) is 21.2 Å². The van der Waals surface area contributed by atoms with Gasteiger partial charge in [0.15, 0.2) is 0 Å². The monoisotopic (exact) mass is 485 g/mol. The molecule has 2 aromatic rings. The lowest BCUT2D eigenvalue weighted by Gasteiger charge is -2.32. The molecule has 1 fully saturated rings. The van der Waals surface area contributed by atoms with Gasteiger partial charge in [-0.05, 0) is 55.9 Å². The van der Waals surface area contributed by atoms with Gasteiger partial charge in [0.1, 0.15) is 10.7 Å². The number of benzene rings is 2. The third-order valence-corrected chi connectivity index (χ3v) is 7.92.